The van der Waals surface area contributed by atoms with E-state index in [1.165, 1.54) is 88.8 Å². The fraction of sp³-hybridized carbons (Fsp3) is 0.353. The first-order valence-corrected chi connectivity index (χ1v) is 21.6. The molecule has 4 aromatic carbocycles. The topological polar surface area (TPSA) is 0 Å². The molecule has 0 nitrogen and oxygen atoms in total. The first kappa shape index (κ1) is 26.2. The number of hydrogen-bond donors (Lipinski definition) is 0. The molecule has 6 rings (SSSR count). The fourth-order valence-electron chi connectivity index (χ4n) is 7.01. The van der Waals surface area contributed by atoms with Gasteiger partial charge < -0.3 is 0 Å². The number of benzene rings is 4. The predicted octanol–water partition coefficient (Wildman–Crippen LogP) is 11.0. The van der Waals surface area contributed by atoms with Crippen LogP contribution in [0.15, 0.2) is 60.7 Å². The van der Waals surface area contributed by atoms with E-state index in [0.29, 0.717) is 0 Å². The lowest BCUT2D eigenvalue weighted by atomic mass is 9.96. The summed E-state index contributed by atoms with van der Waals surface area (Å²) in [7, 11) is -2.73. The van der Waals surface area contributed by atoms with Crippen molar-refractivity contribution < 1.29 is 0 Å². The summed E-state index contributed by atoms with van der Waals surface area (Å²) in [5.74, 6) is 0. The van der Waals surface area contributed by atoms with E-state index in [-0.39, 0.29) is 0 Å². The maximum Gasteiger partial charge on any atom is 0.0987 e. The molecule has 6 aromatic rings. The Morgan fingerprint density at radius 2 is 0.789 bits per heavy atom. The Morgan fingerprint density at radius 1 is 0.421 bits per heavy atom. The quantitative estimate of drug-likeness (QED) is 0.126. The highest BCUT2D eigenvalue weighted by Gasteiger charge is 2.32. The molecule has 0 radical (unpaired) electrons. The molecule has 2 heterocycles. The number of thiophene rings is 2. The van der Waals surface area contributed by atoms with Gasteiger partial charge in [-0.25, -0.2) is 0 Å². The van der Waals surface area contributed by atoms with Crippen LogP contribution in [0.5, 0.6) is 0 Å². The number of rotatable bonds is 8. The van der Waals surface area contributed by atoms with Crippen molar-refractivity contribution in [2.45, 2.75) is 77.8 Å². The first-order chi connectivity index (χ1) is 18.4. The smallest absolute Gasteiger partial charge is 0.0987 e. The molecule has 0 atom stereocenters. The van der Waals surface area contributed by atoms with Crippen LogP contribution in [-0.2, 0) is 0 Å². The maximum atomic E-state index is 2.56. The second-order valence-corrected chi connectivity index (χ2v) is 24.7. The van der Waals surface area contributed by atoms with Crippen molar-refractivity contribution >= 4 is 100 Å². The zero-order valence-electron chi connectivity index (χ0n) is 23.8. The zero-order chi connectivity index (χ0) is 26.7. The Kier molecular flexibility index (Phi) is 6.83. The van der Waals surface area contributed by atoms with Crippen LogP contribution in [0.2, 0.25) is 36.3 Å². The third kappa shape index (κ3) is 3.86. The Labute approximate surface area is 237 Å². The van der Waals surface area contributed by atoms with Crippen LogP contribution in [-0.4, -0.2) is 16.1 Å². The summed E-state index contributed by atoms with van der Waals surface area (Å²) < 4.78 is 6.32. The standard InChI is InChI=1S/C34H40S2Si2/c1-7-37(8-2,9-3)33-21-25-17-29-23(19-31(25)35-33)13-15-28-27(29)16-14-24-20-32-26(18-30(24)28)22-34(36-32)38(10-4,11-5)12-6/h13-22H,7-12H2,1-6H3. The highest BCUT2D eigenvalue weighted by atomic mass is 32.1. The van der Waals surface area contributed by atoms with Gasteiger partial charge in [-0.2, -0.15) is 0 Å². The van der Waals surface area contributed by atoms with Crippen molar-refractivity contribution in [1.29, 1.82) is 0 Å². The van der Waals surface area contributed by atoms with Crippen molar-refractivity contribution in [2.75, 3.05) is 0 Å². The first-order valence-electron chi connectivity index (χ1n) is 14.7. The summed E-state index contributed by atoms with van der Waals surface area (Å²) in [6, 6.07) is 32.6. The fourth-order valence-corrected chi connectivity index (χ4v) is 19.7. The molecule has 196 valence electrons. The lowest BCUT2D eigenvalue weighted by molar-refractivity contribution is 1.20. The van der Waals surface area contributed by atoms with Gasteiger partial charge in [0.15, 0.2) is 0 Å². The van der Waals surface area contributed by atoms with Crippen LogP contribution in [0.1, 0.15) is 41.5 Å². The molecule has 0 spiro atoms. The van der Waals surface area contributed by atoms with Crippen molar-refractivity contribution in [1.82, 2.24) is 0 Å². The van der Waals surface area contributed by atoms with Crippen LogP contribution < -0.4 is 9.00 Å². The summed E-state index contributed by atoms with van der Waals surface area (Å²) in [6.07, 6.45) is 0. The average molecular weight is 569 g/mol. The van der Waals surface area contributed by atoms with Crippen LogP contribution in [0.3, 0.4) is 0 Å². The highest BCUT2D eigenvalue weighted by Crippen LogP contribution is 2.38. The van der Waals surface area contributed by atoms with Gasteiger partial charge in [-0.3, -0.25) is 0 Å². The normalized spacial score (nSPS) is 13.1. The molecule has 0 saturated carbocycles. The van der Waals surface area contributed by atoms with Crippen LogP contribution in [0, 0.1) is 0 Å². The predicted molar refractivity (Wildman–Crippen MR) is 183 cm³/mol. The highest BCUT2D eigenvalue weighted by molar-refractivity contribution is 7.32. The molecule has 0 amide bonds. The van der Waals surface area contributed by atoms with Gasteiger partial charge in [0.1, 0.15) is 0 Å². The molecule has 2 aromatic heterocycles. The van der Waals surface area contributed by atoms with Crippen molar-refractivity contribution in [3.63, 3.8) is 0 Å². The van der Waals surface area contributed by atoms with E-state index in [1.54, 1.807) is 9.00 Å². The zero-order valence-corrected chi connectivity index (χ0v) is 27.5. The monoisotopic (exact) mass is 568 g/mol. The van der Waals surface area contributed by atoms with E-state index in [0.717, 1.165) is 0 Å². The molecule has 0 aliphatic rings. The second kappa shape index (κ2) is 9.89. The van der Waals surface area contributed by atoms with E-state index in [2.05, 4.69) is 125 Å². The minimum atomic E-state index is -1.37. The van der Waals surface area contributed by atoms with Gasteiger partial charge in [-0.1, -0.05) is 102 Å². The molecule has 0 fully saturated rings. The summed E-state index contributed by atoms with van der Waals surface area (Å²) in [5, 5.41) is 11.2. The molecule has 0 N–H and O–H groups in total. The summed E-state index contributed by atoms with van der Waals surface area (Å²) >= 11 is 4.16. The number of hydrogen-bond acceptors (Lipinski definition) is 2. The largest absolute Gasteiger partial charge is 0.145 e. The Bertz CT molecular complexity index is 1650. The lowest BCUT2D eigenvalue weighted by Crippen LogP contribution is -2.43. The van der Waals surface area contributed by atoms with E-state index < -0.39 is 16.1 Å². The van der Waals surface area contributed by atoms with Gasteiger partial charge in [0.25, 0.3) is 0 Å². The minimum Gasteiger partial charge on any atom is -0.145 e. The minimum absolute atomic E-state index is 1.35. The molecule has 0 aliphatic heterocycles. The van der Waals surface area contributed by atoms with Gasteiger partial charge in [-0.15, -0.1) is 22.7 Å². The van der Waals surface area contributed by atoms with Crippen molar-refractivity contribution in [2.24, 2.45) is 0 Å². The van der Waals surface area contributed by atoms with E-state index in [4.69, 9.17) is 0 Å². The van der Waals surface area contributed by atoms with Crippen LogP contribution >= 0.6 is 22.7 Å². The Balaban J connectivity index is 1.56. The summed E-state index contributed by atoms with van der Waals surface area (Å²) in [4.78, 5) is 0. The summed E-state index contributed by atoms with van der Waals surface area (Å²) in [6.45, 7) is 14.5. The molecular weight excluding hydrogens is 529 g/mol. The molecule has 4 heteroatoms. The SMILES string of the molecule is CC[Si](CC)(CC)c1cc2cc3c(ccc4c5cc6cc([Si](CC)(CC)CC)sc6cc5ccc34)cc2s1. The molecule has 0 saturated heterocycles. The molecule has 0 unspecified atom stereocenters. The lowest BCUT2D eigenvalue weighted by Gasteiger charge is -2.26. The van der Waals surface area contributed by atoms with Gasteiger partial charge in [0.05, 0.1) is 16.1 Å². The van der Waals surface area contributed by atoms with Crippen molar-refractivity contribution in [3.05, 3.63) is 60.7 Å². The Hall–Kier alpha value is -1.99. The van der Waals surface area contributed by atoms with Gasteiger partial charge in [0.2, 0.25) is 0 Å². The maximum absolute atomic E-state index is 2.56. The molecule has 0 bridgehead atoms. The van der Waals surface area contributed by atoms with Gasteiger partial charge in [-0.05, 0) is 88.5 Å². The molecule has 0 aliphatic carbocycles. The number of fused-ring (bicyclic) bond motifs is 7. The van der Waals surface area contributed by atoms with E-state index in [9.17, 15) is 0 Å². The molecular formula is C34H40S2Si2. The second-order valence-electron chi connectivity index (χ2n) is 11.4. The van der Waals surface area contributed by atoms with Gasteiger partial charge >= 0.3 is 0 Å². The van der Waals surface area contributed by atoms with Crippen LogP contribution in [0.25, 0.3) is 52.5 Å². The molecule has 38 heavy (non-hydrogen) atoms. The van der Waals surface area contributed by atoms with E-state index in [1.807, 2.05) is 0 Å². The van der Waals surface area contributed by atoms with Crippen LogP contribution in [0.4, 0.5) is 0 Å². The third-order valence-electron chi connectivity index (χ3n) is 10.2. The Morgan fingerprint density at radius 3 is 1.13 bits per heavy atom. The van der Waals surface area contributed by atoms with E-state index >= 15 is 0 Å². The summed E-state index contributed by atoms with van der Waals surface area (Å²) in [5.41, 5.74) is 0. The van der Waals surface area contributed by atoms with Gasteiger partial charge in [0, 0.05) is 9.40 Å². The van der Waals surface area contributed by atoms with Crippen molar-refractivity contribution in [3.8, 4) is 0 Å². The average Bonchev–Trinajstić information content (AvgIpc) is 3.57. The third-order valence-corrected chi connectivity index (χ3v) is 25.7.